The highest BCUT2D eigenvalue weighted by Crippen LogP contribution is 2.29. The van der Waals surface area contributed by atoms with E-state index in [-0.39, 0.29) is 17.3 Å². The quantitative estimate of drug-likeness (QED) is 0.351. The summed E-state index contributed by atoms with van der Waals surface area (Å²) in [6.07, 6.45) is 13.1. The van der Waals surface area contributed by atoms with Crippen molar-refractivity contribution in [1.29, 1.82) is 0 Å². The first-order valence-electron chi connectivity index (χ1n) is 9.75. The lowest BCUT2D eigenvalue weighted by atomic mass is 9.82. The standard InChI is InChI=1S/C21H40O3/c1-18(22)16-20(2,3)14-12-10-8-6-7-9-11-13-15-21(4,5)17-19(23)24/h6-17H2,1-5H3,(H,23,24). The molecule has 0 aromatic rings. The number of Topliss-reactive ketones (excluding diaryl/α,β-unsaturated/α-hetero) is 1. The molecule has 0 aliphatic rings. The van der Waals surface area contributed by atoms with Gasteiger partial charge in [-0.25, -0.2) is 0 Å². The number of carboxylic acids is 1. The van der Waals surface area contributed by atoms with Crippen LogP contribution in [-0.2, 0) is 9.59 Å². The van der Waals surface area contributed by atoms with Crippen LogP contribution in [0.2, 0.25) is 0 Å². The predicted octanol–water partition coefficient (Wildman–Crippen LogP) is 6.39. The Kier molecular flexibility index (Phi) is 11.2. The fourth-order valence-corrected chi connectivity index (χ4v) is 3.53. The molecule has 0 spiro atoms. The molecule has 0 heterocycles. The molecule has 3 heteroatoms. The summed E-state index contributed by atoms with van der Waals surface area (Å²) >= 11 is 0. The van der Waals surface area contributed by atoms with Crippen LogP contribution in [0.3, 0.4) is 0 Å². The van der Waals surface area contributed by atoms with Gasteiger partial charge in [0.05, 0.1) is 6.42 Å². The lowest BCUT2D eigenvalue weighted by molar-refractivity contribution is -0.139. The van der Waals surface area contributed by atoms with E-state index in [0.29, 0.717) is 12.2 Å². The average molecular weight is 341 g/mol. The zero-order valence-electron chi connectivity index (χ0n) is 16.7. The molecule has 0 fully saturated rings. The Morgan fingerprint density at radius 3 is 1.33 bits per heavy atom. The summed E-state index contributed by atoms with van der Waals surface area (Å²) in [5.41, 5.74) is 0.0904. The second-order valence-corrected chi connectivity index (χ2v) is 9.11. The third kappa shape index (κ3) is 14.7. The number of hydrogen-bond donors (Lipinski definition) is 1. The molecule has 142 valence electrons. The van der Waals surface area contributed by atoms with Gasteiger partial charge in [-0.15, -0.1) is 0 Å². The molecule has 0 aromatic heterocycles. The number of ketones is 1. The summed E-state index contributed by atoms with van der Waals surface area (Å²) in [6.45, 7) is 10.2. The van der Waals surface area contributed by atoms with Gasteiger partial charge in [-0.3, -0.25) is 4.79 Å². The van der Waals surface area contributed by atoms with Crippen LogP contribution in [0.5, 0.6) is 0 Å². The lowest BCUT2D eigenvalue weighted by Crippen LogP contribution is -2.16. The fourth-order valence-electron chi connectivity index (χ4n) is 3.53. The molecule has 0 saturated carbocycles. The third-order valence-corrected chi connectivity index (χ3v) is 4.81. The van der Waals surface area contributed by atoms with E-state index in [1.54, 1.807) is 6.92 Å². The number of carboxylic acid groups (broad SMARTS) is 1. The smallest absolute Gasteiger partial charge is 0.303 e. The summed E-state index contributed by atoms with van der Waals surface area (Å²) in [7, 11) is 0. The minimum Gasteiger partial charge on any atom is -0.481 e. The molecule has 0 rings (SSSR count). The number of unbranched alkanes of at least 4 members (excludes halogenated alkanes) is 7. The summed E-state index contributed by atoms with van der Waals surface area (Å²) in [5.74, 6) is -0.391. The highest BCUT2D eigenvalue weighted by molar-refractivity contribution is 5.76. The van der Waals surface area contributed by atoms with E-state index >= 15 is 0 Å². The molecule has 0 amide bonds. The summed E-state index contributed by atoms with van der Waals surface area (Å²) in [4.78, 5) is 22.0. The van der Waals surface area contributed by atoms with Crippen molar-refractivity contribution in [1.82, 2.24) is 0 Å². The number of aliphatic carboxylic acids is 1. The molecule has 0 saturated heterocycles. The Bertz CT molecular complexity index is 333. The van der Waals surface area contributed by atoms with Crippen LogP contribution in [0.1, 0.15) is 112 Å². The lowest BCUT2D eigenvalue weighted by Gasteiger charge is -2.23. The van der Waals surface area contributed by atoms with Gasteiger partial charge >= 0.3 is 5.97 Å². The highest BCUT2D eigenvalue weighted by atomic mass is 16.4. The first-order valence-corrected chi connectivity index (χ1v) is 9.75. The zero-order valence-corrected chi connectivity index (χ0v) is 16.7. The Balaban J connectivity index is 3.49. The van der Waals surface area contributed by atoms with Gasteiger partial charge in [0, 0.05) is 6.42 Å². The van der Waals surface area contributed by atoms with Crippen LogP contribution in [-0.4, -0.2) is 16.9 Å². The Hall–Kier alpha value is -0.860. The summed E-state index contributed by atoms with van der Waals surface area (Å²) in [5, 5.41) is 8.87. The maximum atomic E-state index is 11.2. The summed E-state index contributed by atoms with van der Waals surface area (Å²) in [6, 6.07) is 0. The number of rotatable bonds is 15. The number of carbonyl (C=O) groups is 2. The molecule has 0 bridgehead atoms. The van der Waals surface area contributed by atoms with Gasteiger partial charge in [-0.2, -0.15) is 0 Å². The van der Waals surface area contributed by atoms with Gasteiger partial charge in [-0.05, 0) is 30.6 Å². The first-order chi connectivity index (χ1) is 11.0. The third-order valence-electron chi connectivity index (χ3n) is 4.81. The minimum absolute atomic E-state index is 0.0709. The molecule has 0 aliphatic heterocycles. The van der Waals surface area contributed by atoms with Gasteiger partial charge in [0.1, 0.15) is 5.78 Å². The fraction of sp³-hybridized carbons (Fsp3) is 0.905. The topological polar surface area (TPSA) is 54.4 Å². The largest absolute Gasteiger partial charge is 0.481 e. The van der Waals surface area contributed by atoms with Gasteiger partial charge in [0.25, 0.3) is 0 Å². The van der Waals surface area contributed by atoms with Gasteiger partial charge in [-0.1, -0.05) is 79.1 Å². The van der Waals surface area contributed by atoms with Crippen LogP contribution in [0.25, 0.3) is 0 Å². The minimum atomic E-state index is -0.688. The molecule has 1 N–H and O–H groups in total. The molecule has 0 aliphatic carbocycles. The first kappa shape index (κ1) is 23.1. The van der Waals surface area contributed by atoms with E-state index in [2.05, 4.69) is 27.7 Å². The molecule has 3 nitrogen and oxygen atoms in total. The molecular weight excluding hydrogens is 300 g/mol. The van der Waals surface area contributed by atoms with Crippen LogP contribution >= 0.6 is 0 Å². The van der Waals surface area contributed by atoms with Crippen molar-refractivity contribution in [3.8, 4) is 0 Å². The van der Waals surface area contributed by atoms with Crippen molar-refractivity contribution in [3.05, 3.63) is 0 Å². The van der Waals surface area contributed by atoms with Crippen LogP contribution < -0.4 is 0 Å². The van der Waals surface area contributed by atoms with Gasteiger partial charge < -0.3 is 9.90 Å². The second kappa shape index (κ2) is 11.7. The molecular formula is C21H40O3. The molecule has 0 unspecified atom stereocenters. The molecule has 0 aromatic carbocycles. The van der Waals surface area contributed by atoms with Crippen LogP contribution in [0.15, 0.2) is 0 Å². The normalized spacial score (nSPS) is 12.4. The Labute approximate surface area is 149 Å². The Morgan fingerprint density at radius 2 is 1.00 bits per heavy atom. The van der Waals surface area contributed by atoms with Crippen molar-refractivity contribution in [2.45, 2.75) is 112 Å². The van der Waals surface area contributed by atoms with Crippen molar-refractivity contribution in [3.63, 3.8) is 0 Å². The van der Waals surface area contributed by atoms with Crippen molar-refractivity contribution in [2.75, 3.05) is 0 Å². The van der Waals surface area contributed by atoms with E-state index in [0.717, 1.165) is 19.3 Å². The molecule has 0 atom stereocenters. The second-order valence-electron chi connectivity index (χ2n) is 9.11. The van der Waals surface area contributed by atoms with E-state index in [1.807, 2.05) is 0 Å². The number of hydrogen-bond acceptors (Lipinski definition) is 2. The SMILES string of the molecule is CC(=O)CC(C)(C)CCCCCCCCCCC(C)(C)CC(=O)O. The maximum absolute atomic E-state index is 11.2. The van der Waals surface area contributed by atoms with Crippen molar-refractivity contribution in [2.24, 2.45) is 10.8 Å². The molecule has 0 radical (unpaired) electrons. The summed E-state index contributed by atoms with van der Waals surface area (Å²) < 4.78 is 0. The Morgan fingerprint density at radius 1 is 0.667 bits per heavy atom. The highest BCUT2D eigenvalue weighted by Gasteiger charge is 2.21. The van der Waals surface area contributed by atoms with Gasteiger partial charge in [0.15, 0.2) is 0 Å². The van der Waals surface area contributed by atoms with E-state index in [9.17, 15) is 9.59 Å². The van der Waals surface area contributed by atoms with Crippen molar-refractivity contribution >= 4 is 11.8 Å². The van der Waals surface area contributed by atoms with Gasteiger partial charge in [0.2, 0.25) is 0 Å². The number of carbonyl (C=O) groups excluding carboxylic acids is 1. The maximum Gasteiger partial charge on any atom is 0.303 e. The van der Waals surface area contributed by atoms with Crippen LogP contribution in [0, 0.1) is 10.8 Å². The predicted molar refractivity (Wildman–Crippen MR) is 101 cm³/mol. The average Bonchev–Trinajstić information content (AvgIpc) is 2.37. The van der Waals surface area contributed by atoms with E-state index in [1.165, 1.54) is 44.9 Å². The van der Waals surface area contributed by atoms with E-state index in [4.69, 9.17) is 5.11 Å². The van der Waals surface area contributed by atoms with Crippen molar-refractivity contribution < 1.29 is 14.7 Å². The molecule has 24 heavy (non-hydrogen) atoms. The zero-order chi connectivity index (χ0) is 18.6. The monoisotopic (exact) mass is 340 g/mol. The van der Waals surface area contributed by atoms with Crippen LogP contribution in [0.4, 0.5) is 0 Å². The van der Waals surface area contributed by atoms with E-state index < -0.39 is 5.97 Å².